The molecule has 33 heavy (non-hydrogen) atoms. The van der Waals surface area contributed by atoms with Gasteiger partial charge in [0.05, 0.1) is 5.56 Å². The van der Waals surface area contributed by atoms with Crippen LogP contribution in [0.25, 0.3) is 0 Å². The maximum Gasteiger partial charge on any atom is 0.263 e. The molecule has 0 radical (unpaired) electrons. The standard InChI is InChI=1S/C22H32ClN5O4S/c1-3-11-27-17-20(21(29)24-10-5-16-32-4-2)22(25-27)33(30,31)28-14-12-26(13-15-28)19-8-6-18(23)7-9-19/h6-9,17H,3-5,10-16H2,1-2H3,(H,24,29). The lowest BCUT2D eigenvalue weighted by Gasteiger charge is -2.35. The Balaban J connectivity index is 1.72. The van der Waals surface area contributed by atoms with Gasteiger partial charge in [-0.15, -0.1) is 0 Å². The molecule has 0 atom stereocenters. The van der Waals surface area contributed by atoms with Crippen LogP contribution in [0.3, 0.4) is 0 Å². The van der Waals surface area contributed by atoms with Crippen molar-refractivity contribution in [3.8, 4) is 0 Å². The van der Waals surface area contributed by atoms with Crippen LogP contribution in [-0.4, -0.2) is 74.3 Å². The zero-order valence-corrected chi connectivity index (χ0v) is 20.7. The second-order valence-electron chi connectivity index (χ2n) is 7.78. The smallest absolute Gasteiger partial charge is 0.263 e. The third-order valence-corrected chi connectivity index (χ3v) is 7.48. The number of carbonyl (C=O) groups excluding carboxylic acids is 1. The van der Waals surface area contributed by atoms with E-state index in [0.29, 0.717) is 63.9 Å². The second kappa shape index (κ2) is 11.8. The Morgan fingerprint density at radius 3 is 2.48 bits per heavy atom. The fourth-order valence-electron chi connectivity index (χ4n) is 3.67. The molecule has 0 bridgehead atoms. The SMILES string of the molecule is CCCn1cc(C(=O)NCCCOCC)c(S(=O)(=O)N2CCN(c3ccc(Cl)cc3)CC2)n1. The van der Waals surface area contributed by atoms with Crippen LogP contribution in [0.2, 0.25) is 5.02 Å². The average molecular weight is 498 g/mol. The highest BCUT2D eigenvalue weighted by Crippen LogP contribution is 2.24. The van der Waals surface area contributed by atoms with Gasteiger partial charge in [-0.3, -0.25) is 9.48 Å². The molecule has 1 aliphatic heterocycles. The number of benzene rings is 1. The van der Waals surface area contributed by atoms with Gasteiger partial charge in [-0.05, 0) is 44.0 Å². The van der Waals surface area contributed by atoms with Gasteiger partial charge in [-0.2, -0.15) is 9.40 Å². The highest BCUT2D eigenvalue weighted by molar-refractivity contribution is 7.89. The minimum atomic E-state index is -3.92. The number of aryl methyl sites for hydroxylation is 1. The number of carbonyl (C=O) groups is 1. The van der Waals surface area contributed by atoms with Crippen LogP contribution in [0, 0.1) is 0 Å². The van der Waals surface area contributed by atoms with E-state index in [-0.39, 0.29) is 10.6 Å². The third-order valence-electron chi connectivity index (χ3n) is 5.39. The first kappa shape index (κ1) is 25.5. The van der Waals surface area contributed by atoms with Crippen molar-refractivity contribution in [1.82, 2.24) is 19.4 Å². The largest absolute Gasteiger partial charge is 0.382 e. The van der Waals surface area contributed by atoms with Crippen molar-refractivity contribution in [2.24, 2.45) is 0 Å². The molecule has 0 saturated carbocycles. The predicted octanol–water partition coefficient (Wildman–Crippen LogP) is 2.61. The van der Waals surface area contributed by atoms with Crippen molar-refractivity contribution < 1.29 is 17.9 Å². The van der Waals surface area contributed by atoms with Crippen LogP contribution in [-0.2, 0) is 21.3 Å². The molecule has 1 N–H and O–H groups in total. The van der Waals surface area contributed by atoms with E-state index < -0.39 is 15.9 Å². The van der Waals surface area contributed by atoms with Crippen molar-refractivity contribution in [2.45, 2.75) is 38.3 Å². The Bertz CT molecular complexity index is 1020. The first-order valence-corrected chi connectivity index (χ1v) is 13.1. The number of anilines is 1. The second-order valence-corrected chi connectivity index (χ2v) is 10.1. The number of aromatic nitrogens is 2. The zero-order chi connectivity index (χ0) is 23.8. The number of nitrogens with zero attached hydrogens (tertiary/aromatic N) is 4. The molecule has 1 aliphatic rings. The Morgan fingerprint density at radius 2 is 1.85 bits per heavy atom. The minimum Gasteiger partial charge on any atom is -0.382 e. The molecule has 2 aromatic rings. The Labute approximate surface area is 200 Å². The number of amides is 1. The van der Waals surface area contributed by atoms with Gasteiger partial charge in [0.2, 0.25) is 5.03 Å². The maximum absolute atomic E-state index is 13.4. The fourth-order valence-corrected chi connectivity index (χ4v) is 5.32. The number of piperazine rings is 1. The van der Waals surface area contributed by atoms with E-state index in [1.54, 1.807) is 0 Å². The first-order chi connectivity index (χ1) is 15.9. The third kappa shape index (κ3) is 6.47. The molecule has 1 aromatic carbocycles. The number of sulfonamides is 1. The summed E-state index contributed by atoms with van der Waals surface area (Å²) >= 11 is 5.97. The summed E-state index contributed by atoms with van der Waals surface area (Å²) in [6.07, 6.45) is 2.95. The molecule has 11 heteroatoms. The van der Waals surface area contributed by atoms with Gasteiger partial charge < -0.3 is 15.0 Å². The van der Waals surface area contributed by atoms with Gasteiger partial charge in [0, 0.05) is 69.4 Å². The van der Waals surface area contributed by atoms with Crippen molar-refractivity contribution in [1.29, 1.82) is 0 Å². The summed E-state index contributed by atoms with van der Waals surface area (Å²) in [5.41, 5.74) is 1.08. The maximum atomic E-state index is 13.4. The quantitative estimate of drug-likeness (QED) is 0.479. The minimum absolute atomic E-state index is 0.0833. The lowest BCUT2D eigenvalue weighted by molar-refractivity contribution is 0.0940. The lowest BCUT2D eigenvalue weighted by atomic mass is 10.2. The predicted molar refractivity (Wildman–Crippen MR) is 128 cm³/mol. The number of nitrogens with one attached hydrogen (secondary N) is 1. The molecular weight excluding hydrogens is 466 g/mol. The Hall–Kier alpha value is -2.14. The van der Waals surface area contributed by atoms with Crippen LogP contribution in [0.4, 0.5) is 5.69 Å². The molecular formula is C22H32ClN5O4S. The Kier molecular flexibility index (Phi) is 9.13. The molecule has 0 spiro atoms. The van der Waals surface area contributed by atoms with E-state index in [2.05, 4.69) is 15.3 Å². The van der Waals surface area contributed by atoms with E-state index in [1.807, 2.05) is 38.1 Å². The summed E-state index contributed by atoms with van der Waals surface area (Å²) in [5.74, 6) is -0.438. The lowest BCUT2D eigenvalue weighted by Crippen LogP contribution is -2.49. The van der Waals surface area contributed by atoms with E-state index >= 15 is 0 Å². The molecule has 1 amide bonds. The summed E-state index contributed by atoms with van der Waals surface area (Å²) < 4.78 is 35.1. The van der Waals surface area contributed by atoms with Gasteiger partial charge in [-0.1, -0.05) is 18.5 Å². The number of rotatable bonds is 11. The number of hydrogen-bond donors (Lipinski definition) is 1. The van der Waals surface area contributed by atoms with Crippen LogP contribution >= 0.6 is 11.6 Å². The van der Waals surface area contributed by atoms with Crippen molar-refractivity contribution in [2.75, 3.05) is 50.8 Å². The zero-order valence-electron chi connectivity index (χ0n) is 19.2. The summed E-state index contributed by atoms with van der Waals surface area (Å²) in [6.45, 7) is 7.65. The number of hydrogen-bond acceptors (Lipinski definition) is 6. The molecule has 0 aliphatic carbocycles. The molecule has 2 heterocycles. The highest BCUT2D eigenvalue weighted by Gasteiger charge is 2.34. The summed E-state index contributed by atoms with van der Waals surface area (Å²) in [7, 11) is -3.92. The summed E-state index contributed by atoms with van der Waals surface area (Å²) in [4.78, 5) is 14.9. The van der Waals surface area contributed by atoms with Gasteiger partial charge in [0.15, 0.2) is 0 Å². The van der Waals surface area contributed by atoms with Gasteiger partial charge in [0.25, 0.3) is 15.9 Å². The monoisotopic (exact) mass is 497 g/mol. The Morgan fingerprint density at radius 1 is 1.15 bits per heavy atom. The van der Waals surface area contributed by atoms with Crippen molar-refractivity contribution in [3.63, 3.8) is 0 Å². The molecule has 1 aromatic heterocycles. The summed E-state index contributed by atoms with van der Waals surface area (Å²) in [5, 5.41) is 7.55. The van der Waals surface area contributed by atoms with Crippen molar-refractivity contribution in [3.05, 3.63) is 41.0 Å². The first-order valence-electron chi connectivity index (χ1n) is 11.3. The molecule has 9 nitrogen and oxygen atoms in total. The van der Waals surface area contributed by atoms with Gasteiger partial charge >= 0.3 is 0 Å². The molecule has 3 rings (SSSR count). The average Bonchev–Trinajstić information content (AvgIpc) is 3.25. The molecule has 182 valence electrons. The van der Waals surface area contributed by atoms with E-state index in [1.165, 1.54) is 15.2 Å². The van der Waals surface area contributed by atoms with E-state index in [0.717, 1.165) is 12.1 Å². The molecule has 0 unspecified atom stereocenters. The van der Waals surface area contributed by atoms with Gasteiger partial charge in [-0.25, -0.2) is 8.42 Å². The fraction of sp³-hybridized carbons (Fsp3) is 0.545. The van der Waals surface area contributed by atoms with Crippen molar-refractivity contribution >= 4 is 33.2 Å². The van der Waals surface area contributed by atoms with Gasteiger partial charge in [0.1, 0.15) is 0 Å². The molecule has 1 fully saturated rings. The topological polar surface area (TPSA) is 96.8 Å². The van der Waals surface area contributed by atoms with Crippen LogP contribution in [0.15, 0.2) is 35.5 Å². The summed E-state index contributed by atoms with van der Waals surface area (Å²) in [6, 6.07) is 7.49. The van der Waals surface area contributed by atoms with Crippen LogP contribution in [0.1, 0.15) is 37.0 Å². The number of halogens is 1. The van der Waals surface area contributed by atoms with E-state index in [9.17, 15) is 13.2 Å². The normalized spacial score (nSPS) is 15.1. The van der Waals surface area contributed by atoms with Crippen LogP contribution in [0.5, 0.6) is 0 Å². The van der Waals surface area contributed by atoms with Crippen LogP contribution < -0.4 is 10.2 Å². The number of ether oxygens (including phenoxy) is 1. The highest BCUT2D eigenvalue weighted by atomic mass is 35.5. The van der Waals surface area contributed by atoms with E-state index in [4.69, 9.17) is 16.3 Å². The molecule has 1 saturated heterocycles.